The Morgan fingerprint density at radius 1 is 0.857 bits per heavy atom. The van der Waals surface area contributed by atoms with E-state index < -0.39 is 0 Å². The summed E-state index contributed by atoms with van der Waals surface area (Å²) in [6.45, 7) is 4.18. The van der Waals surface area contributed by atoms with Crippen molar-refractivity contribution in [1.82, 2.24) is 25.3 Å². The zero-order valence-corrected chi connectivity index (χ0v) is 24.2. The molecule has 2 heterocycles. The van der Waals surface area contributed by atoms with Crippen molar-refractivity contribution in [3.05, 3.63) is 59.9 Å². The van der Waals surface area contributed by atoms with Crippen molar-refractivity contribution in [3.63, 3.8) is 0 Å². The van der Waals surface area contributed by atoms with Gasteiger partial charge in [0.25, 0.3) is 5.91 Å². The summed E-state index contributed by atoms with van der Waals surface area (Å²) in [5.41, 5.74) is 7.59. The first-order chi connectivity index (χ1) is 20.7. The third-order valence-corrected chi connectivity index (χ3v) is 6.85. The number of amides is 1. The summed E-state index contributed by atoms with van der Waals surface area (Å²) in [7, 11) is 0. The molecule has 226 valence electrons. The number of pyridine rings is 1. The summed E-state index contributed by atoms with van der Waals surface area (Å²) in [5, 5.41) is 12.8. The van der Waals surface area contributed by atoms with Crippen molar-refractivity contribution in [2.75, 3.05) is 68.6 Å². The minimum Gasteiger partial charge on any atom is -0.378 e. The van der Waals surface area contributed by atoms with Gasteiger partial charge in [0.2, 0.25) is 17.8 Å². The van der Waals surface area contributed by atoms with Crippen molar-refractivity contribution >= 4 is 29.4 Å². The van der Waals surface area contributed by atoms with Gasteiger partial charge in [-0.05, 0) is 49.1 Å². The number of ether oxygens (including phenoxy) is 2. The third kappa shape index (κ3) is 11.2. The van der Waals surface area contributed by atoms with Gasteiger partial charge in [-0.3, -0.25) is 9.78 Å². The van der Waals surface area contributed by atoms with Crippen molar-refractivity contribution in [3.8, 4) is 0 Å². The molecule has 1 aliphatic rings. The molecule has 0 spiro atoms. The predicted molar refractivity (Wildman–Crippen MR) is 164 cm³/mol. The Labute approximate surface area is 247 Å². The van der Waals surface area contributed by atoms with Crippen molar-refractivity contribution in [2.45, 2.75) is 38.5 Å². The van der Waals surface area contributed by atoms with Crippen molar-refractivity contribution < 1.29 is 14.3 Å². The molecule has 3 aromatic rings. The Hall–Kier alpha value is -3.87. The molecule has 0 radical (unpaired) electrons. The summed E-state index contributed by atoms with van der Waals surface area (Å²) in [6, 6.07) is 13.1. The van der Waals surface area contributed by atoms with E-state index >= 15 is 0 Å². The molecule has 0 unspecified atom stereocenters. The molecule has 1 aliphatic carbocycles. The van der Waals surface area contributed by atoms with Crippen LogP contribution in [0.25, 0.3) is 0 Å². The minimum absolute atomic E-state index is 0.191. The van der Waals surface area contributed by atoms with Crippen LogP contribution in [0.2, 0.25) is 0 Å². The van der Waals surface area contributed by atoms with E-state index in [1.165, 1.54) is 32.1 Å². The molecule has 1 aromatic carbocycles. The van der Waals surface area contributed by atoms with Gasteiger partial charge in [0.05, 0.1) is 26.4 Å². The quantitative estimate of drug-likeness (QED) is 0.141. The number of rotatable bonds is 18. The number of nitrogens with two attached hydrogens (primary N) is 1. The number of carbonyl (C=O) groups excluding carboxylic acids is 1. The largest absolute Gasteiger partial charge is 0.378 e. The number of hydrogen-bond acceptors (Lipinski definition) is 11. The van der Waals surface area contributed by atoms with Gasteiger partial charge < -0.3 is 36.5 Å². The average Bonchev–Trinajstić information content (AvgIpc) is 3.02. The number of anilines is 4. The second-order valence-corrected chi connectivity index (χ2v) is 10.2. The zero-order chi connectivity index (χ0) is 29.2. The number of benzene rings is 1. The Morgan fingerprint density at radius 2 is 1.64 bits per heavy atom. The molecule has 0 aliphatic heterocycles. The molecule has 12 nitrogen and oxygen atoms in total. The fourth-order valence-corrected chi connectivity index (χ4v) is 4.68. The van der Waals surface area contributed by atoms with Crippen LogP contribution in [0.5, 0.6) is 0 Å². The van der Waals surface area contributed by atoms with Gasteiger partial charge in [-0.1, -0.05) is 31.4 Å². The first-order valence-electron chi connectivity index (χ1n) is 14.8. The summed E-state index contributed by atoms with van der Waals surface area (Å²) in [5.74, 6) is 1.80. The highest BCUT2D eigenvalue weighted by Gasteiger charge is 2.15. The van der Waals surface area contributed by atoms with E-state index in [1.807, 2.05) is 30.3 Å². The van der Waals surface area contributed by atoms with Gasteiger partial charge in [-0.15, -0.1) is 0 Å². The highest BCUT2D eigenvalue weighted by molar-refractivity contribution is 5.95. The van der Waals surface area contributed by atoms with Gasteiger partial charge in [0.1, 0.15) is 0 Å². The third-order valence-electron chi connectivity index (χ3n) is 6.85. The maximum atomic E-state index is 12.7. The smallest absolute Gasteiger partial charge is 0.251 e. The molecule has 1 saturated carbocycles. The number of nitrogens with zero attached hydrogens (tertiary/aromatic N) is 4. The normalized spacial score (nSPS) is 13.5. The van der Waals surface area contributed by atoms with E-state index in [1.54, 1.807) is 18.3 Å². The van der Waals surface area contributed by atoms with Crippen LogP contribution in [-0.2, 0) is 15.9 Å². The lowest BCUT2D eigenvalue weighted by Crippen LogP contribution is -2.27. The molecule has 0 atom stereocenters. The van der Waals surface area contributed by atoms with Crippen LogP contribution in [0.4, 0.5) is 23.5 Å². The molecule has 2 aromatic heterocycles. The van der Waals surface area contributed by atoms with E-state index in [0.29, 0.717) is 81.1 Å². The van der Waals surface area contributed by atoms with Crippen LogP contribution in [0.3, 0.4) is 0 Å². The molecular weight excluding hydrogens is 534 g/mol. The summed E-state index contributed by atoms with van der Waals surface area (Å²) in [4.78, 5) is 30.9. The summed E-state index contributed by atoms with van der Waals surface area (Å²) < 4.78 is 10.7. The highest BCUT2D eigenvalue weighted by atomic mass is 16.5. The van der Waals surface area contributed by atoms with E-state index in [2.05, 4.69) is 41.2 Å². The van der Waals surface area contributed by atoms with Crippen LogP contribution >= 0.6 is 0 Å². The summed E-state index contributed by atoms with van der Waals surface area (Å²) >= 11 is 0. The maximum Gasteiger partial charge on any atom is 0.251 e. The van der Waals surface area contributed by atoms with E-state index in [9.17, 15) is 4.79 Å². The van der Waals surface area contributed by atoms with E-state index in [-0.39, 0.29) is 5.91 Å². The standard InChI is InChI=1S/C30H43N9O3/c31-13-17-41-19-20-42-18-16-33-27(40)24-9-6-11-26(21-24)36-30-38-28(34-15-12-25-10-4-5-14-32-25)37-29(39-30)35-22-23-7-2-1-3-8-23/h4-6,9-11,14,21,23H,1-3,7-8,12-13,15-20,22,31H2,(H,33,40)(H3,34,35,36,37,38,39). The maximum absolute atomic E-state index is 12.7. The first kappa shape index (κ1) is 31.1. The average molecular weight is 578 g/mol. The molecule has 1 amide bonds. The highest BCUT2D eigenvalue weighted by Crippen LogP contribution is 2.24. The van der Waals surface area contributed by atoms with Crippen LogP contribution in [0.1, 0.15) is 48.2 Å². The van der Waals surface area contributed by atoms with Crippen molar-refractivity contribution in [2.24, 2.45) is 11.7 Å². The predicted octanol–water partition coefficient (Wildman–Crippen LogP) is 3.38. The lowest BCUT2D eigenvalue weighted by atomic mass is 9.89. The lowest BCUT2D eigenvalue weighted by molar-refractivity contribution is 0.0511. The fourth-order valence-electron chi connectivity index (χ4n) is 4.68. The molecule has 4 rings (SSSR count). The SMILES string of the molecule is NCCOCCOCCNC(=O)c1cccc(Nc2nc(NCCc3ccccn3)nc(NCC3CCCCC3)n2)c1. The molecule has 6 N–H and O–H groups in total. The Bertz CT molecular complexity index is 1210. The van der Waals surface area contributed by atoms with Gasteiger partial charge in [-0.25, -0.2) is 0 Å². The van der Waals surface area contributed by atoms with Gasteiger partial charge in [0, 0.05) is 55.7 Å². The van der Waals surface area contributed by atoms with Crippen molar-refractivity contribution in [1.29, 1.82) is 0 Å². The second-order valence-electron chi connectivity index (χ2n) is 10.2. The monoisotopic (exact) mass is 577 g/mol. The second kappa shape index (κ2) is 17.8. The lowest BCUT2D eigenvalue weighted by Gasteiger charge is -2.21. The topological polar surface area (TPSA) is 161 Å². The number of carbonyl (C=O) groups is 1. The molecule has 0 bridgehead atoms. The molecule has 12 heteroatoms. The Balaban J connectivity index is 1.34. The van der Waals surface area contributed by atoms with Crippen LogP contribution in [0, 0.1) is 5.92 Å². The summed E-state index contributed by atoms with van der Waals surface area (Å²) in [6.07, 6.45) is 8.85. The minimum atomic E-state index is -0.191. The first-order valence-corrected chi connectivity index (χ1v) is 14.8. The van der Waals surface area contributed by atoms with Crippen LogP contribution < -0.4 is 27.0 Å². The fraction of sp³-hybridized carbons (Fsp3) is 0.500. The van der Waals surface area contributed by atoms with E-state index in [0.717, 1.165) is 18.7 Å². The van der Waals surface area contributed by atoms with E-state index in [4.69, 9.17) is 15.2 Å². The van der Waals surface area contributed by atoms with Gasteiger partial charge >= 0.3 is 0 Å². The Kier molecular flexibility index (Phi) is 13.2. The number of hydrogen-bond donors (Lipinski definition) is 5. The molecular formula is C30H43N9O3. The van der Waals surface area contributed by atoms with Crippen LogP contribution in [-0.4, -0.2) is 78.4 Å². The van der Waals surface area contributed by atoms with Gasteiger partial charge in [0.15, 0.2) is 0 Å². The Morgan fingerprint density at radius 3 is 2.43 bits per heavy atom. The number of nitrogens with one attached hydrogen (secondary N) is 4. The zero-order valence-electron chi connectivity index (χ0n) is 24.2. The van der Waals surface area contributed by atoms with Gasteiger partial charge in [-0.2, -0.15) is 15.0 Å². The van der Waals surface area contributed by atoms with Crippen LogP contribution in [0.15, 0.2) is 48.7 Å². The molecule has 1 fully saturated rings. The molecule has 42 heavy (non-hydrogen) atoms. The molecule has 0 saturated heterocycles. The number of aromatic nitrogens is 4.